The number of ether oxygens (including phenoxy) is 1. The van der Waals surface area contributed by atoms with E-state index in [-0.39, 0.29) is 18.1 Å². The van der Waals surface area contributed by atoms with Crippen LogP contribution in [0.2, 0.25) is 0 Å². The van der Waals surface area contributed by atoms with Gasteiger partial charge in [0.15, 0.2) is 0 Å². The fourth-order valence-corrected chi connectivity index (χ4v) is 5.22. The maximum absolute atomic E-state index is 14.3. The highest BCUT2D eigenvalue weighted by atomic mass is 19.1. The summed E-state index contributed by atoms with van der Waals surface area (Å²) in [6.45, 7) is 2.66. The molecule has 1 amide bonds. The summed E-state index contributed by atoms with van der Waals surface area (Å²) in [5, 5.41) is 0. The molecule has 2 aliphatic heterocycles. The molecule has 5 rings (SSSR count). The molecular weight excluding hydrogens is 386 g/mol. The monoisotopic (exact) mass is 412 g/mol. The predicted octanol–water partition coefficient (Wildman–Crippen LogP) is 4.34. The van der Waals surface area contributed by atoms with Crippen LogP contribution in [0.5, 0.6) is 5.75 Å². The standard InChI is InChI=1S/C24H26F2N2O2/c1-27-21-13-28(12-15-4-2-3-5-15)14-23(21)30-22-10-16(6-8-19(22)24(27)29)18-9-7-17(25)11-20(18)26/h6-11,15,21,23H,2-5,12-14H2,1H3/t21-,23+/m1/s1. The first-order valence-electron chi connectivity index (χ1n) is 10.8. The Morgan fingerprint density at radius 3 is 2.57 bits per heavy atom. The lowest BCUT2D eigenvalue weighted by molar-refractivity contribution is 0.0682. The number of benzene rings is 2. The van der Waals surface area contributed by atoms with Crippen molar-refractivity contribution >= 4 is 5.91 Å². The Bertz CT molecular complexity index is 974. The molecule has 2 heterocycles. The normalized spacial score (nSPS) is 24.5. The van der Waals surface area contributed by atoms with Gasteiger partial charge in [0.2, 0.25) is 0 Å². The molecule has 4 nitrogen and oxygen atoms in total. The van der Waals surface area contributed by atoms with Crippen molar-refractivity contribution in [3.05, 3.63) is 53.6 Å². The summed E-state index contributed by atoms with van der Waals surface area (Å²) >= 11 is 0. The van der Waals surface area contributed by atoms with Gasteiger partial charge >= 0.3 is 0 Å². The molecule has 0 spiro atoms. The third-order valence-corrected chi connectivity index (χ3v) is 6.85. The van der Waals surface area contributed by atoms with Gasteiger partial charge in [0.1, 0.15) is 23.5 Å². The zero-order valence-corrected chi connectivity index (χ0v) is 17.1. The molecule has 0 bridgehead atoms. The molecule has 158 valence electrons. The number of halogens is 2. The van der Waals surface area contributed by atoms with Crippen molar-refractivity contribution in [3.63, 3.8) is 0 Å². The van der Waals surface area contributed by atoms with Crippen LogP contribution >= 0.6 is 0 Å². The average molecular weight is 412 g/mol. The Balaban J connectivity index is 1.43. The van der Waals surface area contributed by atoms with Gasteiger partial charge in [0.05, 0.1) is 11.6 Å². The summed E-state index contributed by atoms with van der Waals surface area (Å²) in [7, 11) is 1.84. The topological polar surface area (TPSA) is 32.8 Å². The highest BCUT2D eigenvalue weighted by molar-refractivity contribution is 5.98. The molecule has 2 fully saturated rings. The Morgan fingerprint density at radius 2 is 1.80 bits per heavy atom. The van der Waals surface area contributed by atoms with Crippen LogP contribution in [0.15, 0.2) is 36.4 Å². The summed E-state index contributed by atoms with van der Waals surface area (Å²) in [5.74, 6) is -0.105. The van der Waals surface area contributed by atoms with Crippen molar-refractivity contribution in [2.75, 3.05) is 26.7 Å². The lowest BCUT2D eigenvalue weighted by Crippen LogP contribution is -2.44. The average Bonchev–Trinajstić information content (AvgIpc) is 3.35. The first kappa shape index (κ1) is 19.5. The molecule has 0 radical (unpaired) electrons. The van der Waals surface area contributed by atoms with E-state index in [0.717, 1.165) is 31.6 Å². The number of carbonyl (C=O) groups is 1. The van der Waals surface area contributed by atoms with Crippen molar-refractivity contribution in [3.8, 4) is 16.9 Å². The van der Waals surface area contributed by atoms with E-state index >= 15 is 0 Å². The SMILES string of the molecule is CN1C(=O)c2ccc(-c3ccc(F)cc3F)cc2O[C@H]2CN(CC3CCCC3)C[C@H]21. The van der Waals surface area contributed by atoms with Gasteiger partial charge in [0.25, 0.3) is 5.91 Å². The quantitative estimate of drug-likeness (QED) is 0.752. The minimum atomic E-state index is -0.631. The number of carbonyl (C=O) groups excluding carboxylic acids is 1. The molecule has 0 unspecified atom stereocenters. The van der Waals surface area contributed by atoms with Gasteiger partial charge in [0, 0.05) is 38.3 Å². The van der Waals surface area contributed by atoms with Crippen molar-refractivity contribution < 1.29 is 18.3 Å². The Morgan fingerprint density at radius 1 is 1.03 bits per heavy atom. The van der Waals surface area contributed by atoms with E-state index in [1.807, 2.05) is 7.05 Å². The Labute approximate surface area is 175 Å². The zero-order valence-electron chi connectivity index (χ0n) is 17.1. The predicted molar refractivity (Wildman–Crippen MR) is 110 cm³/mol. The molecule has 2 aromatic carbocycles. The molecule has 2 atom stereocenters. The molecule has 1 aliphatic carbocycles. The first-order valence-corrected chi connectivity index (χ1v) is 10.8. The summed E-state index contributed by atoms with van der Waals surface area (Å²) in [4.78, 5) is 17.3. The number of amides is 1. The number of nitrogens with zero attached hydrogens (tertiary/aromatic N) is 2. The molecular formula is C24H26F2N2O2. The molecule has 0 N–H and O–H groups in total. The highest BCUT2D eigenvalue weighted by Crippen LogP contribution is 2.36. The van der Waals surface area contributed by atoms with E-state index in [1.54, 1.807) is 23.1 Å². The van der Waals surface area contributed by atoms with E-state index in [2.05, 4.69) is 4.90 Å². The number of fused-ring (bicyclic) bond motifs is 2. The number of likely N-dealkylation sites (N-methyl/N-ethyl adjacent to an activating group) is 1. The second-order valence-corrected chi connectivity index (χ2v) is 8.84. The van der Waals surface area contributed by atoms with Crippen LogP contribution in [0.3, 0.4) is 0 Å². The van der Waals surface area contributed by atoms with Gasteiger partial charge in [-0.15, -0.1) is 0 Å². The zero-order chi connectivity index (χ0) is 20.8. The van der Waals surface area contributed by atoms with Crippen molar-refractivity contribution in [2.24, 2.45) is 5.92 Å². The summed E-state index contributed by atoms with van der Waals surface area (Å²) in [6, 6.07) is 8.60. The number of rotatable bonds is 3. The Hall–Kier alpha value is -2.47. The van der Waals surface area contributed by atoms with E-state index in [0.29, 0.717) is 22.4 Å². The molecule has 0 aromatic heterocycles. The fraction of sp³-hybridized carbons (Fsp3) is 0.458. The van der Waals surface area contributed by atoms with Crippen LogP contribution in [0, 0.1) is 17.6 Å². The van der Waals surface area contributed by atoms with E-state index in [4.69, 9.17) is 4.74 Å². The fourth-order valence-electron chi connectivity index (χ4n) is 5.22. The maximum Gasteiger partial charge on any atom is 0.257 e. The molecule has 1 saturated heterocycles. The van der Waals surface area contributed by atoms with E-state index < -0.39 is 11.6 Å². The second kappa shape index (κ2) is 7.65. The largest absolute Gasteiger partial charge is 0.486 e. The van der Waals surface area contributed by atoms with Gasteiger partial charge in [-0.2, -0.15) is 0 Å². The van der Waals surface area contributed by atoms with Crippen LogP contribution < -0.4 is 4.74 Å². The van der Waals surface area contributed by atoms with E-state index in [1.165, 1.54) is 37.8 Å². The maximum atomic E-state index is 14.3. The summed E-state index contributed by atoms with van der Waals surface area (Å²) in [5.41, 5.74) is 1.35. The third-order valence-electron chi connectivity index (χ3n) is 6.85. The van der Waals surface area contributed by atoms with Gasteiger partial charge in [-0.3, -0.25) is 9.69 Å². The van der Waals surface area contributed by atoms with Gasteiger partial charge < -0.3 is 9.64 Å². The number of hydrogen-bond acceptors (Lipinski definition) is 3. The second-order valence-electron chi connectivity index (χ2n) is 8.84. The minimum Gasteiger partial charge on any atom is -0.486 e. The van der Waals surface area contributed by atoms with Gasteiger partial charge in [-0.25, -0.2) is 8.78 Å². The summed E-state index contributed by atoms with van der Waals surface area (Å²) < 4.78 is 33.9. The third kappa shape index (κ3) is 3.47. The first-order chi connectivity index (χ1) is 14.5. The molecule has 30 heavy (non-hydrogen) atoms. The van der Waals surface area contributed by atoms with Gasteiger partial charge in [-0.05, 0) is 48.6 Å². The van der Waals surface area contributed by atoms with Crippen molar-refractivity contribution in [2.45, 2.75) is 37.8 Å². The molecule has 6 heteroatoms. The molecule has 3 aliphatic rings. The number of hydrogen-bond donors (Lipinski definition) is 0. The van der Waals surface area contributed by atoms with Crippen molar-refractivity contribution in [1.82, 2.24) is 9.80 Å². The van der Waals surface area contributed by atoms with Crippen molar-refractivity contribution in [1.29, 1.82) is 0 Å². The van der Waals surface area contributed by atoms with Crippen LogP contribution in [-0.2, 0) is 0 Å². The van der Waals surface area contributed by atoms with Crippen LogP contribution in [0.25, 0.3) is 11.1 Å². The van der Waals surface area contributed by atoms with Crippen LogP contribution in [0.1, 0.15) is 36.0 Å². The Kier molecular flexibility index (Phi) is 4.97. The highest BCUT2D eigenvalue weighted by Gasteiger charge is 2.42. The smallest absolute Gasteiger partial charge is 0.257 e. The van der Waals surface area contributed by atoms with Gasteiger partial charge in [-0.1, -0.05) is 18.9 Å². The van der Waals surface area contributed by atoms with Crippen LogP contribution in [0.4, 0.5) is 8.78 Å². The lowest BCUT2D eigenvalue weighted by atomic mass is 10.0. The minimum absolute atomic E-state index is 0.00249. The molecule has 1 saturated carbocycles. The van der Waals surface area contributed by atoms with Crippen LogP contribution in [-0.4, -0.2) is 54.5 Å². The molecule has 2 aromatic rings. The van der Waals surface area contributed by atoms with E-state index in [9.17, 15) is 13.6 Å². The summed E-state index contributed by atoms with van der Waals surface area (Å²) in [6.07, 6.45) is 5.09. The number of likely N-dealkylation sites (tertiary alicyclic amines) is 1. The lowest BCUT2D eigenvalue weighted by Gasteiger charge is -2.25.